The average molecular weight is 252 g/mol. The van der Waals surface area contributed by atoms with Crippen molar-refractivity contribution in [3.63, 3.8) is 0 Å². The van der Waals surface area contributed by atoms with Gasteiger partial charge in [-0.05, 0) is 50.4 Å². The van der Waals surface area contributed by atoms with Gasteiger partial charge in [-0.25, -0.2) is 0 Å². The lowest BCUT2D eigenvalue weighted by Gasteiger charge is -2.27. The van der Waals surface area contributed by atoms with Crippen LogP contribution < -0.4 is 5.73 Å². The van der Waals surface area contributed by atoms with Crippen LogP contribution in [0, 0.1) is 11.8 Å². The summed E-state index contributed by atoms with van der Waals surface area (Å²) < 4.78 is 5.61. The summed E-state index contributed by atoms with van der Waals surface area (Å²) in [5.41, 5.74) is 6.03. The minimum atomic E-state index is -0.160. The van der Waals surface area contributed by atoms with Gasteiger partial charge in [0.1, 0.15) is 6.10 Å². The van der Waals surface area contributed by atoms with E-state index in [4.69, 9.17) is 10.5 Å². The van der Waals surface area contributed by atoms with Crippen molar-refractivity contribution < 1.29 is 9.53 Å². The molecule has 3 aliphatic rings. The molecule has 0 aromatic carbocycles. The predicted molar refractivity (Wildman–Crippen MR) is 69.0 cm³/mol. The molecule has 0 aromatic rings. The quantitative estimate of drug-likeness (QED) is 0.761. The van der Waals surface area contributed by atoms with Gasteiger partial charge >= 0.3 is 0 Å². The van der Waals surface area contributed by atoms with E-state index in [9.17, 15) is 4.79 Å². The first-order chi connectivity index (χ1) is 8.74. The molecule has 2 unspecified atom stereocenters. The lowest BCUT2D eigenvalue weighted by Crippen LogP contribution is -2.40. The third-order valence-electron chi connectivity index (χ3n) is 4.86. The summed E-state index contributed by atoms with van der Waals surface area (Å²) in [7, 11) is 0. The fourth-order valence-corrected chi connectivity index (χ4v) is 3.79. The molecule has 18 heavy (non-hydrogen) atoms. The second-order valence-electron chi connectivity index (χ2n) is 6.19. The monoisotopic (exact) mass is 252 g/mol. The van der Waals surface area contributed by atoms with E-state index in [-0.39, 0.29) is 12.0 Å². The van der Waals surface area contributed by atoms with Gasteiger partial charge in [-0.2, -0.15) is 0 Å². The summed E-state index contributed by atoms with van der Waals surface area (Å²) in [6.07, 6.45) is 6.40. The van der Waals surface area contributed by atoms with Crippen molar-refractivity contribution in [2.24, 2.45) is 17.6 Å². The highest BCUT2D eigenvalue weighted by molar-refractivity contribution is 5.81. The fourth-order valence-electron chi connectivity index (χ4n) is 3.79. The van der Waals surface area contributed by atoms with E-state index in [1.54, 1.807) is 0 Å². The Morgan fingerprint density at radius 1 is 1.11 bits per heavy atom. The highest BCUT2D eigenvalue weighted by Gasteiger charge is 2.40. The van der Waals surface area contributed by atoms with E-state index in [0.29, 0.717) is 17.9 Å². The van der Waals surface area contributed by atoms with Crippen molar-refractivity contribution in [2.75, 3.05) is 19.7 Å². The lowest BCUT2D eigenvalue weighted by atomic mass is 9.79. The number of nitrogens with zero attached hydrogens (tertiary/aromatic N) is 1. The molecule has 0 spiro atoms. The van der Waals surface area contributed by atoms with Crippen LogP contribution in [0.4, 0.5) is 0 Å². The third kappa shape index (κ3) is 2.41. The van der Waals surface area contributed by atoms with E-state index < -0.39 is 0 Å². The number of nitrogens with two attached hydrogens (primary N) is 1. The lowest BCUT2D eigenvalue weighted by molar-refractivity contribution is -0.145. The third-order valence-corrected chi connectivity index (χ3v) is 4.86. The molecule has 102 valence electrons. The summed E-state index contributed by atoms with van der Waals surface area (Å²) in [4.78, 5) is 14.4. The molecular formula is C14H24N2O2. The molecule has 4 nitrogen and oxygen atoms in total. The van der Waals surface area contributed by atoms with Crippen LogP contribution in [0.25, 0.3) is 0 Å². The Morgan fingerprint density at radius 3 is 2.72 bits per heavy atom. The molecule has 2 saturated heterocycles. The van der Waals surface area contributed by atoms with E-state index in [1.807, 2.05) is 4.90 Å². The highest BCUT2D eigenvalue weighted by Crippen LogP contribution is 2.36. The minimum Gasteiger partial charge on any atom is -0.368 e. The molecule has 2 N–H and O–H groups in total. The molecule has 2 heterocycles. The topological polar surface area (TPSA) is 55.6 Å². The maximum Gasteiger partial charge on any atom is 0.251 e. The van der Waals surface area contributed by atoms with Gasteiger partial charge in [-0.1, -0.05) is 0 Å². The number of likely N-dealkylation sites (tertiary alicyclic amines) is 1. The van der Waals surface area contributed by atoms with Crippen LogP contribution in [0.15, 0.2) is 0 Å². The Bertz CT molecular complexity index is 315. The molecule has 3 fully saturated rings. The standard InChI is InChI=1S/C14H24N2O2/c15-12-5-4-10-8-16(9-11(10)7-12)14(17)13-3-1-2-6-18-13/h10-13H,1-9,15H2/t10-,11+,12?,13?/m1/s1. The van der Waals surface area contributed by atoms with E-state index >= 15 is 0 Å². The molecule has 4 heteroatoms. The van der Waals surface area contributed by atoms with Crippen molar-refractivity contribution in [3.05, 3.63) is 0 Å². The van der Waals surface area contributed by atoms with Crippen LogP contribution >= 0.6 is 0 Å². The molecule has 3 rings (SSSR count). The number of hydrogen-bond donors (Lipinski definition) is 1. The van der Waals surface area contributed by atoms with Crippen molar-refractivity contribution in [2.45, 2.75) is 50.7 Å². The molecular weight excluding hydrogens is 228 g/mol. The molecule has 1 aliphatic carbocycles. The van der Waals surface area contributed by atoms with Crippen molar-refractivity contribution in [1.82, 2.24) is 4.90 Å². The van der Waals surface area contributed by atoms with Gasteiger partial charge in [0.25, 0.3) is 5.91 Å². The number of ether oxygens (including phenoxy) is 1. The Hall–Kier alpha value is -0.610. The number of amides is 1. The smallest absolute Gasteiger partial charge is 0.251 e. The summed E-state index contributed by atoms with van der Waals surface area (Å²) >= 11 is 0. The Balaban J connectivity index is 1.59. The van der Waals surface area contributed by atoms with Gasteiger partial charge < -0.3 is 15.4 Å². The molecule has 0 bridgehead atoms. The van der Waals surface area contributed by atoms with Crippen LogP contribution in [-0.2, 0) is 9.53 Å². The SMILES string of the molecule is NC1CC[C@@H]2CN(C(=O)C3CCCCO3)C[C@@H]2C1. The zero-order valence-electron chi connectivity index (χ0n) is 11.0. The maximum absolute atomic E-state index is 12.4. The summed E-state index contributed by atoms with van der Waals surface area (Å²) in [6, 6.07) is 0.354. The summed E-state index contributed by atoms with van der Waals surface area (Å²) in [5.74, 6) is 1.57. The van der Waals surface area contributed by atoms with E-state index in [1.165, 1.54) is 6.42 Å². The van der Waals surface area contributed by atoms with Crippen LogP contribution in [0.1, 0.15) is 38.5 Å². The Morgan fingerprint density at radius 2 is 1.94 bits per heavy atom. The summed E-state index contributed by atoms with van der Waals surface area (Å²) in [5, 5.41) is 0. The molecule has 1 saturated carbocycles. The largest absolute Gasteiger partial charge is 0.368 e. The summed E-state index contributed by atoms with van der Waals surface area (Å²) in [6.45, 7) is 2.61. The fraction of sp³-hybridized carbons (Fsp3) is 0.929. The van der Waals surface area contributed by atoms with Crippen LogP contribution in [-0.4, -0.2) is 42.6 Å². The molecule has 0 aromatic heterocycles. The zero-order valence-corrected chi connectivity index (χ0v) is 11.0. The predicted octanol–water partition coefficient (Wildman–Crippen LogP) is 1.14. The number of fused-ring (bicyclic) bond motifs is 1. The Labute approximate surface area is 109 Å². The van der Waals surface area contributed by atoms with Crippen molar-refractivity contribution in [3.8, 4) is 0 Å². The highest BCUT2D eigenvalue weighted by atomic mass is 16.5. The second-order valence-corrected chi connectivity index (χ2v) is 6.19. The average Bonchev–Trinajstić information content (AvgIpc) is 2.81. The first-order valence-electron chi connectivity index (χ1n) is 7.40. The zero-order chi connectivity index (χ0) is 12.5. The van der Waals surface area contributed by atoms with Crippen molar-refractivity contribution >= 4 is 5.91 Å². The number of carbonyl (C=O) groups is 1. The molecule has 1 amide bonds. The second kappa shape index (κ2) is 5.17. The Kier molecular flexibility index (Phi) is 3.57. The maximum atomic E-state index is 12.4. The normalized spacial score (nSPS) is 40.6. The molecule has 0 radical (unpaired) electrons. The van der Waals surface area contributed by atoms with Gasteiger partial charge in [0.15, 0.2) is 0 Å². The molecule has 2 aliphatic heterocycles. The van der Waals surface area contributed by atoms with Gasteiger partial charge in [0.05, 0.1) is 0 Å². The first kappa shape index (κ1) is 12.4. The minimum absolute atomic E-state index is 0.160. The van der Waals surface area contributed by atoms with Gasteiger partial charge in [-0.3, -0.25) is 4.79 Å². The van der Waals surface area contributed by atoms with E-state index in [2.05, 4.69) is 0 Å². The van der Waals surface area contributed by atoms with Gasteiger partial charge in [0, 0.05) is 25.7 Å². The van der Waals surface area contributed by atoms with Crippen molar-refractivity contribution in [1.29, 1.82) is 0 Å². The van der Waals surface area contributed by atoms with Gasteiger partial charge in [-0.15, -0.1) is 0 Å². The number of hydrogen-bond acceptors (Lipinski definition) is 3. The number of rotatable bonds is 1. The first-order valence-corrected chi connectivity index (χ1v) is 7.40. The van der Waals surface area contributed by atoms with Crippen LogP contribution in [0.2, 0.25) is 0 Å². The van der Waals surface area contributed by atoms with E-state index in [0.717, 1.165) is 51.8 Å². The molecule has 4 atom stereocenters. The number of carbonyl (C=O) groups excluding carboxylic acids is 1. The van der Waals surface area contributed by atoms with Crippen LogP contribution in [0.5, 0.6) is 0 Å². The van der Waals surface area contributed by atoms with Gasteiger partial charge in [0.2, 0.25) is 0 Å². The van der Waals surface area contributed by atoms with Crippen LogP contribution in [0.3, 0.4) is 0 Å².